The lowest BCUT2D eigenvalue weighted by atomic mass is 10.1. The van der Waals surface area contributed by atoms with Crippen LogP contribution in [0.3, 0.4) is 0 Å². The Morgan fingerprint density at radius 2 is 2.12 bits per heavy atom. The Bertz CT molecular complexity index is 319. The molecular weight excluding hydrogens is 220 g/mol. The van der Waals surface area contributed by atoms with Crippen molar-refractivity contribution in [3.05, 3.63) is 0 Å². The molecule has 1 aliphatic heterocycles. The quantitative estimate of drug-likeness (QED) is 0.755. The van der Waals surface area contributed by atoms with Crippen LogP contribution < -0.4 is 5.32 Å². The number of nitrogens with zero attached hydrogens (tertiary/aromatic N) is 1. The number of carbonyl (C=O) groups is 2. The second-order valence-electron chi connectivity index (χ2n) is 4.90. The van der Waals surface area contributed by atoms with E-state index in [0.29, 0.717) is 13.0 Å². The molecule has 0 aromatic carbocycles. The monoisotopic (exact) mass is 240 g/mol. The van der Waals surface area contributed by atoms with Crippen LogP contribution in [0.4, 0.5) is 0 Å². The summed E-state index contributed by atoms with van der Waals surface area (Å²) < 4.78 is 5.33. The molecule has 96 valence electrons. The van der Waals surface area contributed by atoms with Crippen LogP contribution in [-0.2, 0) is 14.3 Å². The number of carbonyl (C=O) groups excluding carboxylic acids is 2. The SMILES string of the molecule is COC1CCC(N2CCC(=O)NC(C)C2=O)C1. The molecule has 17 heavy (non-hydrogen) atoms. The second kappa shape index (κ2) is 5.04. The molecule has 1 saturated carbocycles. The predicted molar refractivity (Wildman–Crippen MR) is 62.4 cm³/mol. The van der Waals surface area contributed by atoms with Crippen LogP contribution in [0.25, 0.3) is 0 Å². The molecule has 1 saturated heterocycles. The maximum atomic E-state index is 12.1. The van der Waals surface area contributed by atoms with Crippen LogP contribution in [0.5, 0.6) is 0 Å². The van der Waals surface area contributed by atoms with Gasteiger partial charge in [0, 0.05) is 26.1 Å². The zero-order valence-corrected chi connectivity index (χ0v) is 10.4. The molecule has 3 atom stereocenters. The van der Waals surface area contributed by atoms with E-state index in [9.17, 15) is 9.59 Å². The van der Waals surface area contributed by atoms with E-state index in [2.05, 4.69) is 5.32 Å². The van der Waals surface area contributed by atoms with Crippen LogP contribution in [0.15, 0.2) is 0 Å². The molecule has 2 amide bonds. The lowest BCUT2D eigenvalue weighted by Crippen LogP contribution is -2.46. The minimum absolute atomic E-state index is 0.0327. The molecule has 0 bridgehead atoms. The largest absolute Gasteiger partial charge is 0.381 e. The summed E-state index contributed by atoms with van der Waals surface area (Å²) in [5, 5.41) is 2.71. The summed E-state index contributed by atoms with van der Waals surface area (Å²) in [4.78, 5) is 25.4. The van der Waals surface area contributed by atoms with Gasteiger partial charge in [0.25, 0.3) is 0 Å². The van der Waals surface area contributed by atoms with E-state index in [0.717, 1.165) is 19.3 Å². The van der Waals surface area contributed by atoms with E-state index in [1.165, 1.54) is 0 Å². The van der Waals surface area contributed by atoms with Crippen LogP contribution in [0, 0.1) is 0 Å². The Morgan fingerprint density at radius 3 is 2.76 bits per heavy atom. The van der Waals surface area contributed by atoms with Gasteiger partial charge in [0.1, 0.15) is 6.04 Å². The van der Waals surface area contributed by atoms with Crippen molar-refractivity contribution >= 4 is 11.8 Å². The third kappa shape index (κ3) is 2.60. The van der Waals surface area contributed by atoms with Gasteiger partial charge in [-0.25, -0.2) is 0 Å². The van der Waals surface area contributed by atoms with Crippen LogP contribution in [0.2, 0.25) is 0 Å². The fourth-order valence-electron chi connectivity index (χ4n) is 2.73. The minimum Gasteiger partial charge on any atom is -0.381 e. The highest BCUT2D eigenvalue weighted by Gasteiger charge is 2.35. The van der Waals surface area contributed by atoms with Gasteiger partial charge < -0.3 is 15.0 Å². The number of nitrogens with one attached hydrogen (secondary N) is 1. The number of methoxy groups -OCH3 is 1. The number of hydrogen-bond acceptors (Lipinski definition) is 3. The number of amides is 2. The third-order valence-corrected chi connectivity index (χ3v) is 3.74. The smallest absolute Gasteiger partial charge is 0.245 e. The number of hydrogen-bond donors (Lipinski definition) is 1. The van der Waals surface area contributed by atoms with Gasteiger partial charge in [-0.1, -0.05) is 0 Å². The molecule has 2 aliphatic rings. The highest BCUT2D eigenvalue weighted by molar-refractivity contribution is 5.89. The summed E-state index contributed by atoms with van der Waals surface area (Å²) >= 11 is 0. The first-order valence-corrected chi connectivity index (χ1v) is 6.24. The molecule has 0 spiro atoms. The molecule has 3 unspecified atom stereocenters. The van der Waals surface area contributed by atoms with Crippen LogP contribution in [-0.4, -0.2) is 48.6 Å². The van der Waals surface area contributed by atoms with Gasteiger partial charge in [-0.05, 0) is 26.2 Å². The maximum Gasteiger partial charge on any atom is 0.245 e. The van der Waals surface area contributed by atoms with E-state index in [4.69, 9.17) is 4.74 Å². The van der Waals surface area contributed by atoms with E-state index in [1.807, 2.05) is 4.90 Å². The fourth-order valence-corrected chi connectivity index (χ4v) is 2.73. The average Bonchev–Trinajstić information content (AvgIpc) is 2.72. The lowest BCUT2D eigenvalue weighted by molar-refractivity contribution is -0.135. The van der Waals surface area contributed by atoms with E-state index in [1.54, 1.807) is 14.0 Å². The molecule has 2 rings (SSSR count). The van der Waals surface area contributed by atoms with Crippen molar-refractivity contribution in [1.29, 1.82) is 0 Å². The molecule has 0 radical (unpaired) electrons. The predicted octanol–water partition coefficient (Wildman–Crippen LogP) is 0.291. The Balaban J connectivity index is 2.04. The first-order chi connectivity index (χ1) is 8.11. The van der Waals surface area contributed by atoms with E-state index in [-0.39, 0.29) is 24.0 Å². The molecule has 0 aromatic rings. The van der Waals surface area contributed by atoms with Crippen molar-refractivity contribution in [1.82, 2.24) is 10.2 Å². The van der Waals surface area contributed by atoms with Gasteiger partial charge in [0.15, 0.2) is 0 Å². The molecule has 1 heterocycles. The number of rotatable bonds is 2. The zero-order valence-electron chi connectivity index (χ0n) is 10.4. The topological polar surface area (TPSA) is 58.6 Å². The molecule has 1 aliphatic carbocycles. The summed E-state index contributed by atoms with van der Waals surface area (Å²) in [5.74, 6) is 0.00671. The Hall–Kier alpha value is -1.10. The van der Waals surface area contributed by atoms with Gasteiger partial charge in [-0.2, -0.15) is 0 Å². The molecule has 5 nitrogen and oxygen atoms in total. The third-order valence-electron chi connectivity index (χ3n) is 3.74. The van der Waals surface area contributed by atoms with Crippen molar-refractivity contribution in [2.75, 3.05) is 13.7 Å². The normalized spacial score (nSPS) is 34.7. The summed E-state index contributed by atoms with van der Waals surface area (Å²) in [6.07, 6.45) is 3.54. The van der Waals surface area contributed by atoms with E-state index >= 15 is 0 Å². The molecule has 2 fully saturated rings. The summed E-state index contributed by atoms with van der Waals surface area (Å²) in [6, 6.07) is -0.158. The molecule has 5 heteroatoms. The Morgan fingerprint density at radius 1 is 1.35 bits per heavy atom. The number of ether oxygens (including phenoxy) is 1. The molecular formula is C12H20N2O3. The van der Waals surface area contributed by atoms with Gasteiger partial charge in [-0.3, -0.25) is 9.59 Å². The molecule has 1 N–H and O–H groups in total. The second-order valence-corrected chi connectivity index (χ2v) is 4.90. The summed E-state index contributed by atoms with van der Waals surface area (Å²) in [7, 11) is 1.71. The van der Waals surface area contributed by atoms with Gasteiger partial charge in [0.2, 0.25) is 11.8 Å². The zero-order chi connectivity index (χ0) is 12.4. The van der Waals surface area contributed by atoms with Gasteiger partial charge >= 0.3 is 0 Å². The Labute approximate surface area is 101 Å². The summed E-state index contributed by atoms with van der Waals surface area (Å²) in [6.45, 7) is 2.29. The lowest BCUT2D eigenvalue weighted by Gasteiger charge is -2.28. The molecule has 0 aromatic heterocycles. The van der Waals surface area contributed by atoms with Crippen LogP contribution >= 0.6 is 0 Å². The Kier molecular flexibility index (Phi) is 3.66. The first-order valence-electron chi connectivity index (χ1n) is 6.24. The summed E-state index contributed by atoms with van der Waals surface area (Å²) in [5.41, 5.74) is 0. The highest BCUT2D eigenvalue weighted by Crippen LogP contribution is 2.27. The average molecular weight is 240 g/mol. The van der Waals surface area contributed by atoms with Crippen molar-refractivity contribution in [2.45, 2.75) is 50.8 Å². The fraction of sp³-hybridized carbons (Fsp3) is 0.833. The van der Waals surface area contributed by atoms with Crippen LogP contribution in [0.1, 0.15) is 32.6 Å². The van der Waals surface area contributed by atoms with Gasteiger partial charge in [0.05, 0.1) is 6.10 Å². The first kappa shape index (κ1) is 12.4. The van der Waals surface area contributed by atoms with E-state index < -0.39 is 6.04 Å². The minimum atomic E-state index is -0.397. The van der Waals surface area contributed by atoms with Crippen molar-refractivity contribution in [3.8, 4) is 0 Å². The van der Waals surface area contributed by atoms with Crippen molar-refractivity contribution < 1.29 is 14.3 Å². The highest BCUT2D eigenvalue weighted by atomic mass is 16.5. The van der Waals surface area contributed by atoms with Crippen molar-refractivity contribution in [2.24, 2.45) is 0 Å². The standard InChI is InChI=1S/C12H20N2O3/c1-8-12(16)14(6-5-11(15)13-8)9-3-4-10(7-9)17-2/h8-10H,3-7H2,1-2H3,(H,13,15). The van der Waals surface area contributed by atoms with Gasteiger partial charge in [-0.15, -0.1) is 0 Å². The van der Waals surface area contributed by atoms with Crippen molar-refractivity contribution in [3.63, 3.8) is 0 Å². The maximum absolute atomic E-state index is 12.1.